The minimum atomic E-state index is 0.729. The summed E-state index contributed by atoms with van der Waals surface area (Å²) >= 11 is 0. The molecule has 3 heteroatoms. The van der Waals surface area contributed by atoms with Crippen molar-refractivity contribution in [1.82, 2.24) is 15.1 Å². The molecule has 0 saturated carbocycles. The molecule has 0 aromatic heterocycles. The molecule has 118 valence electrons. The summed E-state index contributed by atoms with van der Waals surface area (Å²) in [4.78, 5) is 4.92. The molecule has 1 aromatic rings. The van der Waals surface area contributed by atoms with Gasteiger partial charge in [0.2, 0.25) is 0 Å². The Bertz CT molecular complexity index is 397. The third kappa shape index (κ3) is 5.10. The smallest absolute Gasteiger partial charge is 0.0233 e. The lowest BCUT2D eigenvalue weighted by Crippen LogP contribution is -2.35. The van der Waals surface area contributed by atoms with Crippen LogP contribution in [0.4, 0.5) is 0 Å². The summed E-state index contributed by atoms with van der Waals surface area (Å²) in [6, 6.07) is 9.81. The van der Waals surface area contributed by atoms with E-state index in [4.69, 9.17) is 0 Å². The number of hydrogen-bond acceptors (Lipinski definition) is 3. The zero-order valence-corrected chi connectivity index (χ0v) is 13.9. The van der Waals surface area contributed by atoms with Crippen LogP contribution >= 0.6 is 0 Å². The summed E-state index contributed by atoms with van der Waals surface area (Å²) in [5.74, 6) is 0. The van der Waals surface area contributed by atoms with Crippen LogP contribution < -0.4 is 5.32 Å². The SMILES string of the molecule is CCN(CC)Cc1ccc(CNCC2CCCN2C)cc1. The molecule has 1 aliphatic heterocycles. The van der Waals surface area contributed by atoms with E-state index < -0.39 is 0 Å². The third-order valence-corrected chi connectivity index (χ3v) is 4.70. The Labute approximate surface area is 130 Å². The van der Waals surface area contributed by atoms with Crippen molar-refractivity contribution >= 4 is 0 Å². The van der Waals surface area contributed by atoms with Gasteiger partial charge in [0.1, 0.15) is 0 Å². The quantitative estimate of drug-likeness (QED) is 0.794. The summed E-state index contributed by atoms with van der Waals surface area (Å²) in [7, 11) is 2.24. The third-order valence-electron chi connectivity index (χ3n) is 4.70. The van der Waals surface area contributed by atoms with E-state index in [9.17, 15) is 0 Å². The first-order valence-corrected chi connectivity index (χ1v) is 8.44. The highest BCUT2D eigenvalue weighted by Crippen LogP contribution is 2.14. The predicted octanol–water partition coefficient (Wildman–Crippen LogP) is 2.71. The van der Waals surface area contributed by atoms with Gasteiger partial charge in [0.25, 0.3) is 0 Å². The molecule has 1 atom stereocenters. The molecule has 0 aliphatic carbocycles. The van der Waals surface area contributed by atoms with Gasteiger partial charge in [-0.1, -0.05) is 38.1 Å². The number of benzene rings is 1. The van der Waals surface area contributed by atoms with Gasteiger partial charge in [-0.2, -0.15) is 0 Å². The van der Waals surface area contributed by atoms with Gasteiger partial charge in [-0.15, -0.1) is 0 Å². The Morgan fingerprint density at radius 2 is 1.81 bits per heavy atom. The van der Waals surface area contributed by atoms with Gasteiger partial charge in [0, 0.05) is 25.7 Å². The van der Waals surface area contributed by atoms with Crippen LogP contribution in [0.3, 0.4) is 0 Å². The van der Waals surface area contributed by atoms with Gasteiger partial charge in [-0.25, -0.2) is 0 Å². The first-order chi connectivity index (χ1) is 10.2. The zero-order chi connectivity index (χ0) is 15.1. The van der Waals surface area contributed by atoms with Crippen molar-refractivity contribution in [2.75, 3.05) is 33.2 Å². The molecule has 0 bridgehead atoms. The number of likely N-dealkylation sites (tertiary alicyclic amines) is 1. The minimum absolute atomic E-state index is 0.729. The maximum atomic E-state index is 3.60. The largest absolute Gasteiger partial charge is 0.311 e. The van der Waals surface area contributed by atoms with E-state index in [1.54, 1.807) is 0 Å². The highest BCUT2D eigenvalue weighted by atomic mass is 15.2. The molecule has 1 aromatic carbocycles. The van der Waals surface area contributed by atoms with Crippen molar-refractivity contribution in [3.05, 3.63) is 35.4 Å². The number of nitrogens with zero attached hydrogens (tertiary/aromatic N) is 2. The second-order valence-corrected chi connectivity index (χ2v) is 6.19. The molecule has 1 aliphatic rings. The van der Waals surface area contributed by atoms with Crippen LogP contribution in [0, 0.1) is 0 Å². The molecule has 1 N–H and O–H groups in total. The number of nitrogens with one attached hydrogen (secondary N) is 1. The lowest BCUT2D eigenvalue weighted by atomic mass is 10.1. The van der Waals surface area contributed by atoms with E-state index in [-0.39, 0.29) is 0 Å². The van der Waals surface area contributed by atoms with Crippen molar-refractivity contribution in [1.29, 1.82) is 0 Å². The molecule has 21 heavy (non-hydrogen) atoms. The van der Waals surface area contributed by atoms with E-state index in [1.165, 1.54) is 30.5 Å². The second kappa shape index (κ2) is 8.52. The van der Waals surface area contributed by atoms with Gasteiger partial charge in [-0.05, 0) is 50.7 Å². The molecular weight excluding hydrogens is 258 g/mol. The van der Waals surface area contributed by atoms with Crippen LogP contribution in [0.2, 0.25) is 0 Å². The molecule has 2 rings (SSSR count). The van der Waals surface area contributed by atoms with Crippen molar-refractivity contribution in [2.45, 2.75) is 45.8 Å². The lowest BCUT2D eigenvalue weighted by Gasteiger charge is -2.20. The summed E-state index contributed by atoms with van der Waals surface area (Å²) in [6.07, 6.45) is 2.69. The van der Waals surface area contributed by atoms with Crippen molar-refractivity contribution < 1.29 is 0 Å². The average molecular weight is 289 g/mol. The van der Waals surface area contributed by atoms with Crippen LogP contribution in [0.15, 0.2) is 24.3 Å². The lowest BCUT2D eigenvalue weighted by molar-refractivity contribution is 0.296. The Kier molecular flexibility index (Phi) is 6.68. The summed E-state index contributed by atoms with van der Waals surface area (Å²) in [6.45, 7) is 11.1. The fourth-order valence-electron chi connectivity index (χ4n) is 3.09. The number of rotatable bonds is 8. The number of hydrogen-bond donors (Lipinski definition) is 1. The standard InChI is InChI=1S/C18H31N3/c1-4-21(5-2)15-17-10-8-16(9-11-17)13-19-14-18-7-6-12-20(18)3/h8-11,18-19H,4-7,12-15H2,1-3H3. The van der Waals surface area contributed by atoms with Crippen molar-refractivity contribution in [3.63, 3.8) is 0 Å². The average Bonchev–Trinajstić information content (AvgIpc) is 2.92. The molecule has 1 fully saturated rings. The summed E-state index contributed by atoms with van der Waals surface area (Å²) in [5.41, 5.74) is 2.80. The van der Waals surface area contributed by atoms with E-state index in [2.05, 4.69) is 60.3 Å². The van der Waals surface area contributed by atoms with E-state index in [1.807, 2.05) is 0 Å². The van der Waals surface area contributed by atoms with Crippen LogP contribution in [-0.4, -0.2) is 49.1 Å². The Morgan fingerprint density at radius 3 is 2.38 bits per heavy atom. The first kappa shape index (κ1) is 16.5. The first-order valence-electron chi connectivity index (χ1n) is 8.44. The van der Waals surface area contributed by atoms with E-state index >= 15 is 0 Å². The zero-order valence-electron chi connectivity index (χ0n) is 13.9. The highest BCUT2D eigenvalue weighted by molar-refractivity contribution is 5.22. The maximum absolute atomic E-state index is 3.60. The summed E-state index contributed by atoms with van der Waals surface area (Å²) in [5, 5.41) is 3.60. The molecule has 0 amide bonds. The van der Waals surface area contributed by atoms with E-state index in [0.29, 0.717) is 0 Å². The van der Waals surface area contributed by atoms with Crippen LogP contribution in [0.1, 0.15) is 37.8 Å². The molecule has 0 radical (unpaired) electrons. The molecular formula is C18H31N3. The normalized spacial score (nSPS) is 19.5. The Hall–Kier alpha value is -0.900. The topological polar surface area (TPSA) is 18.5 Å². The van der Waals surface area contributed by atoms with Gasteiger partial charge < -0.3 is 10.2 Å². The fraction of sp³-hybridized carbons (Fsp3) is 0.667. The molecule has 0 spiro atoms. The molecule has 1 saturated heterocycles. The highest BCUT2D eigenvalue weighted by Gasteiger charge is 2.19. The van der Waals surface area contributed by atoms with Gasteiger partial charge in [0.05, 0.1) is 0 Å². The van der Waals surface area contributed by atoms with Crippen molar-refractivity contribution in [3.8, 4) is 0 Å². The predicted molar refractivity (Wildman–Crippen MR) is 90.4 cm³/mol. The molecule has 1 unspecified atom stereocenters. The van der Waals surface area contributed by atoms with Gasteiger partial charge >= 0.3 is 0 Å². The van der Waals surface area contributed by atoms with Gasteiger partial charge in [-0.3, -0.25) is 4.90 Å². The maximum Gasteiger partial charge on any atom is 0.0233 e. The van der Waals surface area contributed by atoms with E-state index in [0.717, 1.165) is 38.8 Å². The monoisotopic (exact) mass is 289 g/mol. The van der Waals surface area contributed by atoms with Crippen molar-refractivity contribution in [2.24, 2.45) is 0 Å². The van der Waals surface area contributed by atoms with Crippen LogP contribution in [0.25, 0.3) is 0 Å². The fourth-order valence-corrected chi connectivity index (χ4v) is 3.09. The number of likely N-dealkylation sites (N-methyl/N-ethyl adjacent to an activating group) is 1. The Morgan fingerprint density at radius 1 is 1.14 bits per heavy atom. The molecule has 3 nitrogen and oxygen atoms in total. The van der Waals surface area contributed by atoms with Crippen LogP contribution in [0.5, 0.6) is 0 Å². The van der Waals surface area contributed by atoms with Gasteiger partial charge in [0.15, 0.2) is 0 Å². The minimum Gasteiger partial charge on any atom is -0.311 e. The molecule has 1 heterocycles. The summed E-state index contributed by atoms with van der Waals surface area (Å²) < 4.78 is 0. The second-order valence-electron chi connectivity index (χ2n) is 6.19. The van der Waals surface area contributed by atoms with Crippen LogP contribution in [-0.2, 0) is 13.1 Å². The Balaban J connectivity index is 1.74.